The summed E-state index contributed by atoms with van der Waals surface area (Å²) in [7, 11) is 0. The lowest BCUT2D eigenvalue weighted by molar-refractivity contribution is -0.141. The summed E-state index contributed by atoms with van der Waals surface area (Å²) >= 11 is 3.30. The van der Waals surface area contributed by atoms with Gasteiger partial charge in [-0.2, -0.15) is 11.3 Å². The summed E-state index contributed by atoms with van der Waals surface area (Å²) in [5, 5.41) is 7.00. The highest BCUT2D eigenvalue weighted by molar-refractivity contribution is 7.99. The standard InChI is InChI=1S/C15H20N2O2S2/c18-14(16-7-11-5-6-20-8-11)13-9-21-10-17(13)15(19)12-3-1-2-4-12/h5-6,8,12-13H,1-4,7,9-10H2,(H,16,18)/t13-/m0/s1. The van der Waals surface area contributed by atoms with Gasteiger partial charge in [-0.15, -0.1) is 11.8 Å². The van der Waals surface area contributed by atoms with Gasteiger partial charge in [-0.25, -0.2) is 0 Å². The molecule has 0 radical (unpaired) electrons. The summed E-state index contributed by atoms with van der Waals surface area (Å²) in [6.45, 7) is 0.551. The lowest BCUT2D eigenvalue weighted by Gasteiger charge is -2.25. The number of hydrogen-bond donors (Lipinski definition) is 1. The van der Waals surface area contributed by atoms with Crippen molar-refractivity contribution in [3.05, 3.63) is 22.4 Å². The highest BCUT2D eigenvalue weighted by Crippen LogP contribution is 2.30. The Kier molecular flexibility index (Phi) is 4.85. The summed E-state index contributed by atoms with van der Waals surface area (Å²) in [6, 6.07) is 1.72. The summed E-state index contributed by atoms with van der Waals surface area (Å²) in [4.78, 5) is 26.7. The van der Waals surface area contributed by atoms with E-state index in [4.69, 9.17) is 0 Å². The van der Waals surface area contributed by atoms with E-state index in [1.54, 1.807) is 28.0 Å². The van der Waals surface area contributed by atoms with Gasteiger partial charge < -0.3 is 10.2 Å². The van der Waals surface area contributed by atoms with Gasteiger partial charge in [0.2, 0.25) is 11.8 Å². The molecule has 0 bridgehead atoms. The maximum atomic E-state index is 12.5. The van der Waals surface area contributed by atoms with E-state index in [0.717, 1.165) is 31.2 Å². The molecule has 6 heteroatoms. The van der Waals surface area contributed by atoms with E-state index in [9.17, 15) is 9.59 Å². The molecule has 21 heavy (non-hydrogen) atoms. The smallest absolute Gasteiger partial charge is 0.243 e. The fourth-order valence-corrected chi connectivity index (χ4v) is 4.82. The minimum Gasteiger partial charge on any atom is -0.350 e. The fourth-order valence-electron chi connectivity index (χ4n) is 2.98. The molecule has 2 fully saturated rings. The zero-order chi connectivity index (χ0) is 14.7. The van der Waals surface area contributed by atoms with Crippen LogP contribution >= 0.6 is 23.1 Å². The predicted molar refractivity (Wildman–Crippen MR) is 86.1 cm³/mol. The van der Waals surface area contributed by atoms with Crippen LogP contribution in [0.15, 0.2) is 16.8 Å². The molecule has 2 heterocycles. The molecule has 1 aliphatic heterocycles. The van der Waals surface area contributed by atoms with Crippen molar-refractivity contribution in [2.45, 2.75) is 38.3 Å². The van der Waals surface area contributed by atoms with Crippen molar-refractivity contribution in [2.24, 2.45) is 5.92 Å². The third-order valence-corrected chi connectivity index (χ3v) is 5.96. The van der Waals surface area contributed by atoms with Crippen LogP contribution in [0.5, 0.6) is 0 Å². The zero-order valence-corrected chi connectivity index (χ0v) is 13.5. The van der Waals surface area contributed by atoms with Gasteiger partial charge in [0.1, 0.15) is 6.04 Å². The largest absolute Gasteiger partial charge is 0.350 e. The van der Waals surface area contributed by atoms with E-state index in [1.165, 1.54) is 0 Å². The van der Waals surface area contributed by atoms with Crippen LogP contribution in [0.25, 0.3) is 0 Å². The highest BCUT2D eigenvalue weighted by Gasteiger charge is 2.38. The Labute approximate surface area is 133 Å². The van der Waals surface area contributed by atoms with Gasteiger partial charge in [0.25, 0.3) is 0 Å². The maximum absolute atomic E-state index is 12.5. The first-order chi connectivity index (χ1) is 10.3. The van der Waals surface area contributed by atoms with Crippen LogP contribution in [0, 0.1) is 5.92 Å². The van der Waals surface area contributed by atoms with Crippen LogP contribution in [-0.4, -0.2) is 34.4 Å². The molecule has 0 unspecified atom stereocenters. The quantitative estimate of drug-likeness (QED) is 0.925. The fraction of sp³-hybridized carbons (Fsp3) is 0.600. The van der Waals surface area contributed by atoms with Crippen molar-refractivity contribution < 1.29 is 9.59 Å². The minimum absolute atomic E-state index is 0.0162. The van der Waals surface area contributed by atoms with Crippen molar-refractivity contribution >= 4 is 34.9 Å². The summed E-state index contributed by atoms with van der Waals surface area (Å²) in [6.07, 6.45) is 4.27. The van der Waals surface area contributed by atoms with Crippen LogP contribution in [0.4, 0.5) is 0 Å². The lowest BCUT2D eigenvalue weighted by Crippen LogP contribution is -2.48. The van der Waals surface area contributed by atoms with Crippen LogP contribution in [-0.2, 0) is 16.1 Å². The van der Waals surface area contributed by atoms with Gasteiger partial charge in [0.15, 0.2) is 0 Å². The lowest BCUT2D eigenvalue weighted by atomic mass is 10.1. The van der Waals surface area contributed by atoms with E-state index >= 15 is 0 Å². The third-order valence-electron chi connectivity index (χ3n) is 4.22. The van der Waals surface area contributed by atoms with Gasteiger partial charge >= 0.3 is 0 Å². The van der Waals surface area contributed by atoms with Gasteiger partial charge in [-0.05, 0) is 35.2 Å². The number of carbonyl (C=O) groups is 2. The Hall–Kier alpha value is -1.01. The van der Waals surface area contributed by atoms with Crippen molar-refractivity contribution in [3.8, 4) is 0 Å². The number of thiophene rings is 1. The number of hydrogen-bond acceptors (Lipinski definition) is 4. The molecule has 2 aliphatic rings. The van der Waals surface area contributed by atoms with E-state index in [2.05, 4.69) is 5.32 Å². The number of thioether (sulfide) groups is 1. The van der Waals surface area contributed by atoms with Crippen LogP contribution in [0.3, 0.4) is 0 Å². The molecule has 114 valence electrons. The number of amides is 2. The Bertz CT molecular complexity index is 498. The molecule has 4 nitrogen and oxygen atoms in total. The molecule has 0 spiro atoms. The van der Waals surface area contributed by atoms with E-state index in [-0.39, 0.29) is 23.8 Å². The van der Waals surface area contributed by atoms with Crippen molar-refractivity contribution in [1.29, 1.82) is 0 Å². The Morgan fingerprint density at radius 3 is 2.86 bits per heavy atom. The molecular formula is C15H20N2O2S2. The summed E-state index contributed by atoms with van der Waals surface area (Å²) < 4.78 is 0. The summed E-state index contributed by atoms with van der Waals surface area (Å²) in [5.41, 5.74) is 1.12. The normalized spacial score (nSPS) is 22.7. The average molecular weight is 324 g/mol. The second-order valence-corrected chi connectivity index (χ2v) is 7.43. The van der Waals surface area contributed by atoms with Gasteiger partial charge in [0.05, 0.1) is 5.88 Å². The number of nitrogens with zero attached hydrogens (tertiary/aromatic N) is 1. The first-order valence-electron chi connectivity index (χ1n) is 7.42. The second-order valence-electron chi connectivity index (χ2n) is 5.65. The third kappa shape index (κ3) is 3.43. The van der Waals surface area contributed by atoms with E-state index in [0.29, 0.717) is 18.2 Å². The molecule has 1 saturated carbocycles. The predicted octanol–water partition coefficient (Wildman–Crippen LogP) is 2.46. The monoisotopic (exact) mass is 324 g/mol. The first-order valence-corrected chi connectivity index (χ1v) is 9.52. The Morgan fingerprint density at radius 1 is 1.33 bits per heavy atom. The molecular weight excluding hydrogens is 304 g/mol. The second kappa shape index (κ2) is 6.83. The molecule has 1 aromatic heterocycles. The number of nitrogens with one attached hydrogen (secondary N) is 1. The minimum atomic E-state index is -0.290. The van der Waals surface area contributed by atoms with E-state index in [1.807, 2.05) is 16.8 Å². The highest BCUT2D eigenvalue weighted by atomic mass is 32.2. The molecule has 1 atom stereocenters. The molecule has 0 aromatic carbocycles. The molecule has 1 aliphatic carbocycles. The zero-order valence-electron chi connectivity index (χ0n) is 11.9. The first kappa shape index (κ1) is 14.9. The average Bonchev–Trinajstić information content (AvgIpc) is 3.26. The maximum Gasteiger partial charge on any atom is 0.243 e. The Morgan fingerprint density at radius 2 is 2.14 bits per heavy atom. The summed E-state index contributed by atoms with van der Waals surface area (Å²) in [5.74, 6) is 1.70. The number of rotatable bonds is 4. The van der Waals surface area contributed by atoms with Crippen molar-refractivity contribution in [1.82, 2.24) is 10.2 Å². The number of carbonyl (C=O) groups excluding carboxylic acids is 2. The van der Waals surface area contributed by atoms with Crippen LogP contribution in [0.1, 0.15) is 31.2 Å². The molecule has 1 saturated heterocycles. The molecule has 1 aromatic rings. The van der Waals surface area contributed by atoms with Crippen LogP contribution < -0.4 is 5.32 Å². The molecule has 3 rings (SSSR count). The van der Waals surface area contributed by atoms with Gasteiger partial charge in [-0.1, -0.05) is 12.8 Å². The van der Waals surface area contributed by atoms with Gasteiger partial charge in [0, 0.05) is 18.2 Å². The van der Waals surface area contributed by atoms with E-state index < -0.39 is 0 Å². The SMILES string of the molecule is O=C(NCc1ccsc1)[C@@H]1CSCN1C(=O)C1CCCC1. The van der Waals surface area contributed by atoms with Gasteiger partial charge in [-0.3, -0.25) is 9.59 Å². The topological polar surface area (TPSA) is 49.4 Å². The van der Waals surface area contributed by atoms with Crippen molar-refractivity contribution in [2.75, 3.05) is 11.6 Å². The molecule has 1 N–H and O–H groups in total. The van der Waals surface area contributed by atoms with Crippen molar-refractivity contribution in [3.63, 3.8) is 0 Å². The Balaban J connectivity index is 1.57. The van der Waals surface area contributed by atoms with Crippen LogP contribution in [0.2, 0.25) is 0 Å². The molecule has 2 amide bonds.